The molecule has 1 aromatic heterocycles. The zero-order valence-corrected chi connectivity index (χ0v) is 9.90. The third kappa shape index (κ3) is 2.65. The van der Waals surface area contributed by atoms with Crippen molar-refractivity contribution >= 4 is 34.0 Å². The van der Waals surface area contributed by atoms with Crippen molar-refractivity contribution in [1.29, 1.82) is 0 Å². The van der Waals surface area contributed by atoms with Crippen molar-refractivity contribution in [3.63, 3.8) is 0 Å². The van der Waals surface area contributed by atoms with Gasteiger partial charge in [0.2, 0.25) is 0 Å². The lowest BCUT2D eigenvalue weighted by atomic mass is 10.3. The van der Waals surface area contributed by atoms with Crippen LogP contribution in [0.15, 0.2) is 42.7 Å². The fourth-order valence-corrected chi connectivity index (χ4v) is 1.64. The number of anilines is 2. The van der Waals surface area contributed by atoms with E-state index in [0.29, 0.717) is 5.69 Å². The van der Waals surface area contributed by atoms with Gasteiger partial charge in [-0.05, 0) is 52.9 Å². The van der Waals surface area contributed by atoms with Gasteiger partial charge in [0.25, 0.3) is 0 Å². The summed E-state index contributed by atoms with van der Waals surface area (Å²) in [6.45, 7) is 0. The second-order valence-corrected chi connectivity index (χ2v) is 4.24. The summed E-state index contributed by atoms with van der Waals surface area (Å²) in [4.78, 5) is 3.94. The van der Waals surface area contributed by atoms with Crippen molar-refractivity contribution in [2.75, 3.05) is 5.32 Å². The number of nitrogens with one attached hydrogen (secondary N) is 1. The highest BCUT2D eigenvalue weighted by Crippen LogP contribution is 2.20. The molecular weight excluding hydrogens is 306 g/mol. The Morgan fingerprint density at radius 1 is 1.27 bits per heavy atom. The smallest absolute Gasteiger partial charge is 0.147 e. The molecule has 2 nitrogen and oxygen atoms in total. The fraction of sp³-hybridized carbons (Fsp3) is 0. The molecule has 2 aromatic rings. The minimum atomic E-state index is -0.259. The summed E-state index contributed by atoms with van der Waals surface area (Å²) in [5, 5.41) is 2.96. The van der Waals surface area contributed by atoms with E-state index >= 15 is 0 Å². The molecule has 0 radical (unpaired) electrons. The molecule has 76 valence electrons. The number of benzene rings is 1. The second-order valence-electron chi connectivity index (χ2n) is 2.99. The van der Waals surface area contributed by atoms with Crippen LogP contribution in [0.25, 0.3) is 0 Å². The number of halogens is 2. The molecule has 1 heterocycles. The maximum atomic E-state index is 13.4. The number of nitrogens with zero attached hydrogens (tertiary/aromatic N) is 1. The first-order valence-corrected chi connectivity index (χ1v) is 5.46. The van der Waals surface area contributed by atoms with E-state index in [-0.39, 0.29) is 5.82 Å². The van der Waals surface area contributed by atoms with E-state index in [4.69, 9.17) is 0 Å². The zero-order valence-electron chi connectivity index (χ0n) is 7.74. The SMILES string of the molecule is Fc1cc(I)ccc1Nc1cccnc1. The molecule has 0 unspecified atom stereocenters. The summed E-state index contributed by atoms with van der Waals surface area (Å²) in [6.07, 6.45) is 3.33. The molecule has 0 spiro atoms. The molecule has 15 heavy (non-hydrogen) atoms. The Labute approximate surface area is 101 Å². The van der Waals surface area contributed by atoms with E-state index in [2.05, 4.69) is 32.9 Å². The summed E-state index contributed by atoms with van der Waals surface area (Å²) in [5.74, 6) is -0.259. The molecule has 2 rings (SSSR count). The molecule has 0 bridgehead atoms. The molecule has 0 aliphatic carbocycles. The normalized spacial score (nSPS) is 10.0. The molecule has 0 aliphatic rings. The van der Waals surface area contributed by atoms with Gasteiger partial charge in [-0.2, -0.15) is 0 Å². The lowest BCUT2D eigenvalue weighted by Gasteiger charge is -2.06. The molecular formula is C11H8FIN2. The van der Waals surface area contributed by atoms with Gasteiger partial charge in [0.05, 0.1) is 17.6 Å². The van der Waals surface area contributed by atoms with E-state index in [9.17, 15) is 4.39 Å². The van der Waals surface area contributed by atoms with Gasteiger partial charge in [-0.3, -0.25) is 4.98 Å². The van der Waals surface area contributed by atoms with Crippen LogP contribution in [0.4, 0.5) is 15.8 Å². The van der Waals surface area contributed by atoms with Crippen LogP contribution in [0.1, 0.15) is 0 Å². The number of hydrogen-bond donors (Lipinski definition) is 1. The lowest BCUT2D eigenvalue weighted by molar-refractivity contribution is 0.631. The molecule has 0 atom stereocenters. The summed E-state index contributed by atoms with van der Waals surface area (Å²) in [7, 11) is 0. The Balaban J connectivity index is 2.25. The first-order chi connectivity index (χ1) is 7.25. The van der Waals surface area contributed by atoms with Gasteiger partial charge in [-0.25, -0.2) is 4.39 Å². The standard InChI is InChI=1S/C11H8FIN2/c12-10-6-8(13)3-4-11(10)15-9-2-1-5-14-7-9/h1-7,15H. The lowest BCUT2D eigenvalue weighted by Crippen LogP contribution is -1.94. The average molecular weight is 314 g/mol. The van der Waals surface area contributed by atoms with E-state index < -0.39 is 0 Å². The Morgan fingerprint density at radius 2 is 2.13 bits per heavy atom. The monoisotopic (exact) mass is 314 g/mol. The van der Waals surface area contributed by atoms with Gasteiger partial charge >= 0.3 is 0 Å². The summed E-state index contributed by atoms with van der Waals surface area (Å²) in [6, 6.07) is 8.68. The topological polar surface area (TPSA) is 24.9 Å². The van der Waals surface area contributed by atoms with Crippen LogP contribution >= 0.6 is 22.6 Å². The second kappa shape index (κ2) is 4.57. The Hall–Kier alpha value is -1.17. The van der Waals surface area contributed by atoms with Crippen LogP contribution in [0.3, 0.4) is 0 Å². The largest absolute Gasteiger partial charge is 0.352 e. The number of pyridine rings is 1. The van der Waals surface area contributed by atoms with Crippen LogP contribution in [0.2, 0.25) is 0 Å². The Morgan fingerprint density at radius 3 is 2.80 bits per heavy atom. The van der Waals surface area contributed by atoms with Crippen LogP contribution in [-0.4, -0.2) is 4.98 Å². The van der Waals surface area contributed by atoms with Gasteiger partial charge in [0.15, 0.2) is 0 Å². The number of rotatable bonds is 2. The third-order valence-corrected chi connectivity index (χ3v) is 2.54. The predicted octanol–water partition coefficient (Wildman–Crippen LogP) is 3.57. The highest BCUT2D eigenvalue weighted by Gasteiger charge is 2.02. The van der Waals surface area contributed by atoms with Gasteiger partial charge in [-0.1, -0.05) is 0 Å². The average Bonchev–Trinajstić information content (AvgIpc) is 2.24. The molecule has 1 aromatic carbocycles. The van der Waals surface area contributed by atoms with Crippen molar-refractivity contribution in [3.8, 4) is 0 Å². The Kier molecular flexibility index (Phi) is 3.15. The highest BCUT2D eigenvalue weighted by molar-refractivity contribution is 14.1. The minimum absolute atomic E-state index is 0.259. The van der Waals surface area contributed by atoms with Gasteiger partial charge in [0.1, 0.15) is 5.82 Å². The van der Waals surface area contributed by atoms with E-state index in [0.717, 1.165) is 9.26 Å². The van der Waals surface area contributed by atoms with E-state index in [1.54, 1.807) is 24.5 Å². The molecule has 0 amide bonds. The highest BCUT2D eigenvalue weighted by atomic mass is 127. The molecule has 0 fully saturated rings. The van der Waals surface area contributed by atoms with E-state index in [1.807, 2.05) is 12.1 Å². The van der Waals surface area contributed by atoms with Gasteiger partial charge in [-0.15, -0.1) is 0 Å². The summed E-state index contributed by atoms with van der Waals surface area (Å²) < 4.78 is 14.3. The van der Waals surface area contributed by atoms with Crippen LogP contribution in [0.5, 0.6) is 0 Å². The first-order valence-electron chi connectivity index (χ1n) is 4.38. The van der Waals surface area contributed by atoms with Gasteiger partial charge < -0.3 is 5.32 Å². The predicted molar refractivity (Wildman–Crippen MR) is 66.6 cm³/mol. The Bertz CT molecular complexity index is 459. The maximum Gasteiger partial charge on any atom is 0.147 e. The minimum Gasteiger partial charge on any atom is -0.352 e. The van der Waals surface area contributed by atoms with Crippen molar-refractivity contribution < 1.29 is 4.39 Å². The van der Waals surface area contributed by atoms with Crippen LogP contribution in [-0.2, 0) is 0 Å². The molecule has 0 aliphatic heterocycles. The van der Waals surface area contributed by atoms with E-state index in [1.165, 1.54) is 6.07 Å². The van der Waals surface area contributed by atoms with Crippen molar-refractivity contribution in [1.82, 2.24) is 4.98 Å². The number of aromatic nitrogens is 1. The molecule has 4 heteroatoms. The van der Waals surface area contributed by atoms with Gasteiger partial charge in [0, 0.05) is 9.77 Å². The van der Waals surface area contributed by atoms with Crippen molar-refractivity contribution in [2.45, 2.75) is 0 Å². The molecule has 0 saturated heterocycles. The maximum absolute atomic E-state index is 13.4. The van der Waals surface area contributed by atoms with Crippen molar-refractivity contribution in [2.24, 2.45) is 0 Å². The summed E-state index contributed by atoms with van der Waals surface area (Å²) in [5.41, 5.74) is 1.24. The van der Waals surface area contributed by atoms with Crippen LogP contribution < -0.4 is 5.32 Å². The zero-order chi connectivity index (χ0) is 10.7. The third-order valence-electron chi connectivity index (χ3n) is 1.87. The van der Waals surface area contributed by atoms with Crippen molar-refractivity contribution in [3.05, 3.63) is 52.1 Å². The van der Waals surface area contributed by atoms with Crippen LogP contribution in [0, 0.1) is 9.39 Å². The fourth-order valence-electron chi connectivity index (χ4n) is 1.18. The quantitative estimate of drug-likeness (QED) is 0.857. The molecule has 0 saturated carbocycles. The number of hydrogen-bond acceptors (Lipinski definition) is 2. The molecule has 1 N–H and O–H groups in total. The summed E-state index contributed by atoms with van der Waals surface area (Å²) >= 11 is 2.07. The first kappa shape index (κ1) is 10.4.